The molecule has 4 nitrogen and oxygen atoms in total. The monoisotopic (exact) mass is 258 g/mol. The lowest BCUT2D eigenvalue weighted by atomic mass is 10.1. The molecule has 0 atom stereocenters. The molecule has 1 heterocycles. The molecule has 0 unspecified atom stereocenters. The maximum absolute atomic E-state index is 12.0. The van der Waals surface area contributed by atoms with E-state index in [1.807, 2.05) is 13.0 Å². The molecule has 0 aliphatic carbocycles. The third-order valence-corrected chi connectivity index (χ3v) is 4.78. The Bertz CT molecular complexity index is 566. The molecular weight excluding hydrogens is 248 g/mol. The average molecular weight is 259 g/mol. The summed E-state index contributed by atoms with van der Waals surface area (Å²) in [6.45, 7) is 1.95. The van der Waals surface area contributed by atoms with Crippen molar-refractivity contribution in [1.29, 1.82) is 0 Å². The van der Waals surface area contributed by atoms with E-state index in [-0.39, 0.29) is 10.2 Å². The van der Waals surface area contributed by atoms with Gasteiger partial charge < -0.3 is 0 Å². The van der Waals surface area contributed by atoms with Crippen molar-refractivity contribution >= 4 is 32.6 Å². The highest BCUT2D eigenvalue weighted by Crippen LogP contribution is 2.35. The quantitative estimate of drug-likeness (QED) is 0.725. The number of aryl methyl sites for hydroxylation is 1. The van der Waals surface area contributed by atoms with E-state index in [0.717, 1.165) is 16.3 Å². The van der Waals surface area contributed by atoms with Crippen LogP contribution in [0.3, 0.4) is 0 Å². The number of rotatable bonds is 1. The van der Waals surface area contributed by atoms with Crippen LogP contribution in [0, 0.1) is 0 Å². The predicted molar refractivity (Wildman–Crippen MR) is 63.7 cm³/mol. The zero-order chi connectivity index (χ0) is 11.9. The Balaban J connectivity index is 2.80. The number of hydrogen-bond acceptors (Lipinski definition) is 3. The van der Waals surface area contributed by atoms with E-state index in [1.54, 1.807) is 12.1 Å². The van der Waals surface area contributed by atoms with E-state index in [1.165, 1.54) is 7.05 Å². The van der Waals surface area contributed by atoms with Gasteiger partial charge in [0.1, 0.15) is 4.90 Å². The highest BCUT2D eigenvalue weighted by molar-refractivity contribution is 7.90. The second kappa shape index (κ2) is 3.75. The molecule has 0 bridgehead atoms. The van der Waals surface area contributed by atoms with Gasteiger partial charge in [-0.3, -0.25) is 0 Å². The smallest absolute Gasteiger partial charge is 0.243 e. The fourth-order valence-electron chi connectivity index (χ4n) is 1.60. The van der Waals surface area contributed by atoms with Gasteiger partial charge in [-0.05, 0) is 29.7 Å². The summed E-state index contributed by atoms with van der Waals surface area (Å²) in [4.78, 5) is 4.34. The lowest BCUT2D eigenvalue weighted by Crippen LogP contribution is -2.32. The van der Waals surface area contributed by atoms with Gasteiger partial charge in [-0.25, -0.2) is 17.7 Å². The predicted octanol–water partition coefficient (Wildman–Crippen LogP) is 2.11. The number of hydrogen-bond donors (Lipinski definition) is 0. The highest BCUT2D eigenvalue weighted by Gasteiger charge is 2.31. The highest BCUT2D eigenvalue weighted by atomic mass is 35.5. The standard InChI is InChI=1S/C10H11ClN2O2S/c1-3-7-5-4-6-8-9(7)12-10(11)13(2)16(8,14)15/h4-6H,3H2,1-2H3. The van der Waals surface area contributed by atoms with Crippen LogP contribution in [0.15, 0.2) is 28.1 Å². The third kappa shape index (κ3) is 1.51. The molecule has 1 aliphatic rings. The van der Waals surface area contributed by atoms with Gasteiger partial charge in [0.05, 0.1) is 5.69 Å². The molecule has 6 heteroatoms. The van der Waals surface area contributed by atoms with Gasteiger partial charge in [0.25, 0.3) is 10.0 Å². The Hall–Kier alpha value is -1.07. The van der Waals surface area contributed by atoms with Crippen molar-refractivity contribution in [3.05, 3.63) is 23.8 Å². The minimum absolute atomic E-state index is 0.0200. The molecule has 0 aromatic heterocycles. The van der Waals surface area contributed by atoms with Crippen LogP contribution in [0.5, 0.6) is 0 Å². The average Bonchev–Trinajstić information content (AvgIpc) is 2.26. The zero-order valence-electron chi connectivity index (χ0n) is 8.94. The molecule has 16 heavy (non-hydrogen) atoms. The van der Waals surface area contributed by atoms with Crippen LogP contribution in [-0.2, 0) is 16.4 Å². The topological polar surface area (TPSA) is 49.7 Å². The molecule has 0 amide bonds. The Morgan fingerprint density at radius 2 is 2.12 bits per heavy atom. The van der Waals surface area contributed by atoms with E-state index in [2.05, 4.69) is 4.99 Å². The first-order valence-corrected chi connectivity index (χ1v) is 6.65. The number of para-hydroxylation sites is 1. The molecule has 1 aromatic carbocycles. The number of nitrogens with zero attached hydrogens (tertiary/aromatic N) is 2. The molecule has 0 N–H and O–H groups in total. The second-order valence-corrected chi connectivity index (χ2v) is 5.75. The Labute approximate surface area is 99.6 Å². The van der Waals surface area contributed by atoms with Crippen LogP contribution in [0.4, 0.5) is 5.69 Å². The molecule has 1 aromatic rings. The van der Waals surface area contributed by atoms with Crippen LogP contribution < -0.4 is 0 Å². The van der Waals surface area contributed by atoms with Crippen LogP contribution in [0.25, 0.3) is 0 Å². The van der Waals surface area contributed by atoms with Gasteiger partial charge >= 0.3 is 0 Å². The molecule has 0 saturated carbocycles. The summed E-state index contributed by atoms with van der Waals surface area (Å²) in [7, 11) is -2.14. The normalized spacial score (nSPS) is 17.9. The van der Waals surface area contributed by atoms with Gasteiger partial charge in [0.2, 0.25) is 5.29 Å². The first-order chi connectivity index (χ1) is 7.48. The fourth-order valence-corrected chi connectivity index (χ4v) is 3.16. The lowest BCUT2D eigenvalue weighted by Gasteiger charge is -2.23. The van der Waals surface area contributed by atoms with E-state index >= 15 is 0 Å². The van der Waals surface area contributed by atoms with Crippen LogP contribution in [-0.4, -0.2) is 25.1 Å². The van der Waals surface area contributed by atoms with Crippen LogP contribution in [0.1, 0.15) is 12.5 Å². The summed E-state index contributed by atoms with van der Waals surface area (Å²) in [6, 6.07) is 5.12. The minimum Gasteiger partial charge on any atom is -0.243 e. The number of amidine groups is 1. The Morgan fingerprint density at radius 1 is 1.44 bits per heavy atom. The molecule has 0 spiro atoms. The van der Waals surface area contributed by atoms with Crippen molar-refractivity contribution in [2.75, 3.05) is 7.05 Å². The van der Waals surface area contributed by atoms with Gasteiger partial charge in [-0.1, -0.05) is 19.1 Å². The van der Waals surface area contributed by atoms with Crippen molar-refractivity contribution < 1.29 is 8.42 Å². The van der Waals surface area contributed by atoms with Crippen molar-refractivity contribution in [3.63, 3.8) is 0 Å². The summed E-state index contributed by atoms with van der Waals surface area (Å²) < 4.78 is 25.1. The number of benzene rings is 1. The number of sulfonamides is 1. The summed E-state index contributed by atoms with van der Waals surface area (Å²) >= 11 is 5.81. The van der Waals surface area contributed by atoms with E-state index in [4.69, 9.17) is 11.6 Å². The van der Waals surface area contributed by atoms with Crippen LogP contribution >= 0.6 is 11.6 Å². The molecular formula is C10H11ClN2O2S. The van der Waals surface area contributed by atoms with E-state index < -0.39 is 10.0 Å². The van der Waals surface area contributed by atoms with E-state index in [0.29, 0.717) is 5.69 Å². The SMILES string of the molecule is CCc1cccc2c1N=C(Cl)N(C)S2(=O)=O. The molecule has 86 valence electrons. The minimum atomic E-state index is -3.53. The molecule has 1 aliphatic heterocycles. The number of halogens is 1. The largest absolute Gasteiger partial charge is 0.268 e. The van der Waals surface area contributed by atoms with Gasteiger partial charge in [0, 0.05) is 7.05 Å². The third-order valence-electron chi connectivity index (χ3n) is 2.57. The van der Waals surface area contributed by atoms with Crippen molar-refractivity contribution in [2.24, 2.45) is 4.99 Å². The second-order valence-electron chi connectivity index (χ2n) is 3.47. The first kappa shape index (κ1) is 11.4. The van der Waals surface area contributed by atoms with Crippen LogP contribution in [0.2, 0.25) is 0 Å². The Morgan fingerprint density at radius 3 is 2.75 bits per heavy atom. The van der Waals surface area contributed by atoms with Crippen molar-refractivity contribution in [1.82, 2.24) is 4.31 Å². The zero-order valence-corrected chi connectivity index (χ0v) is 10.5. The summed E-state index contributed by atoms with van der Waals surface area (Å²) in [6.07, 6.45) is 0.718. The maximum Gasteiger partial charge on any atom is 0.268 e. The number of aliphatic imine (C=N–C) groups is 1. The molecule has 0 saturated heterocycles. The number of fused-ring (bicyclic) bond motifs is 1. The Kier molecular flexibility index (Phi) is 2.67. The summed E-state index contributed by atoms with van der Waals surface area (Å²) in [5, 5.41) is -0.0200. The van der Waals surface area contributed by atoms with E-state index in [9.17, 15) is 8.42 Å². The lowest BCUT2D eigenvalue weighted by molar-refractivity contribution is 0.552. The molecule has 0 fully saturated rings. The van der Waals surface area contributed by atoms with Gasteiger partial charge in [-0.15, -0.1) is 0 Å². The fraction of sp³-hybridized carbons (Fsp3) is 0.300. The van der Waals surface area contributed by atoms with Gasteiger partial charge in [-0.2, -0.15) is 0 Å². The summed E-state index contributed by atoms with van der Waals surface area (Å²) in [5.41, 5.74) is 1.35. The maximum atomic E-state index is 12.0. The molecule has 2 rings (SSSR count). The van der Waals surface area contributed by atoms with Gasteiger partial charge in [0.15, 0.2) is 0 Å². The van der Waals surface area contributed by atoms with Crippen molar-refractivity contribution in [3.8, 4) is 0 Å². The first-order valence-electron chi connectivity index (χ1n) is 4.83. The summed E-state index contributed by atoms with van der Waals surface area (Å²) in [5.74, 6) is 0. The van der Waals surface area contributed by atoms with Crippen molar-refractivity contribution in [2.45, 2.75) is 18.2 Å². The molecule has 0 radical (unpaired) electrons.